The highest BCUT2D eigenvalue weighted by molar-refractivity contribution is 5.79. The molecule has 1 N–H and O–H groups in total. The number of allylic oxidation sites excluding steroid dienone is 2. The van der Waals surface area contributed by atoms with E-state index < -0.39 is 0 Å². The van der Waals surface area contributed by atoms with Gasteiger partial charge >= 0.3 is 0 Å². The smallest absolute Gasteiger partial charge is 0.226 e. The molecule has 0 aromatic heterocycles. The van der Waals surface area contributed by atoms with Gasteiger partial charge in [-0.15, -0.1) is 0 Å². The van der Waals surface area contributed by atoms with Crippen molar-refractivity contribution in [3.8, 4) is 0 Å². The number of rotatable bonds is 7. The molecule has 0 spiro atoms. The molecule has 3 aliphatic rings. The van der Waals surface area contributed by atoms with Crippen molar-refractivity contribution in [3.05, 3.63) is 47.5 Å². The van der Waals surface area contributed by atoms with Gasteiger partial charge in [-0.05, 0) is 68.4 Å². The van der Waals surface area contributed by atoms with E-state index in [0.29, 0.717) is 24.3 Å². The molecule has 0 unspecified atom stereocenters. The summed E-state index contributed by atoms with van der Waals surface area (Å²) in [4.78, 5) is 26.4. The van der Waals surface area contributed by atoms with E-state index in [9.17, 15) is 9.59 Å². The lowest BCUT2D eigenvalue weighted by molar-refractivity contribution is -0.136. The average Bonchev–Trinajstić information content (AvgIpc) is 3.36. The summed E-state index contributed by atoms with van der Waals surface area (Å²) in [5.41, 5.74) is 2.61. The molecule has 0 radical (unpaired) electrons. The molecule has 1 aromatic rings. The summed E-state index contributed by atoms with van der Waals surface area (Å²) >= 11 is 0. The molecular formula is C24H32N2O2. The fraction of sp³-hybridized carbons (Fsp3) is 0.583. The summed E-state index contributed by atoms with van der Waals surface area (Å²) in [6.07, 6.45) is 13.1. The average molecular weight is 381 g/mol. The van der Waals surface area contributed by atoms with Crippen LogP contribution in [0.4, 0.5) is 0 Å². The number of piperidine rings is 1. The number of nitrogens with one attached hydrogen (secondary N) is 1. The molecule has 28 heavy (non-hydrogen) atoms. The number of hydrogen-bond acceptors (Lipinski definition) is 2. The van der Waals surface area contributed by atoms with Crippen LogP contribution in [0.5, 0.6) is 0 Å². The predicted octanol–water partition coefficient (Wildman–Crippen LogP) is 3.65. The van der Waals surface area contributed by atoms with Gasteiger partial charge in [0, 0.05) is 31.5 Å². The van der Waals surface area contributed by atoms with Gasteiger partial charge in [0.1, 0.15) is 0 Å². The Bertz CT molecular complexity index is 705. The molecule has 1 aromatic carbocycles. The highest BCUT2D eigenvalue weighted by atomic mass is 16.2. The quantitative estimate of drug-likeness (QED) is 0.734. The Hall–Kier alpha value is -2.10. The van der Waals surface area contributed by atoms with Crippen molar-refractivity contribution in [1.29, 1.82) is 0 Å². The molecule has 2 fully saturated rings. The molecule has 2 aliphatic carbocycles. The predicted molar refractivity (Wildman–Crippen MR) is 111 cm³/mol. The van der Waals surface area contributed by atoms with Crippen LogP contribution in [0.3, 0.4) is 0 Å². The highest BCUT2D eigenvalue weighted by Crippen LogP contribution is 2.26. The zero-order valence-electron chi connectivity index (χ0n) is 16.7. The largest absolute Gasteiger partial charge is 0.353 e. The molecule has 4 heteroatoms. The van der Waals surface area contributed by atoms with Crippen molar-refractivity contribution in [2.45, 2.75) is 63.8 Å². The van der Waals surface area contributed by atoms with Gasteiger partial charge in [-0.3, -0.25) is 9.59 Å². The minimum atomic E-state index is 0.182. The topological polar surface area (TPSA) is 49.4 Å². The van der Waals surface area contributed by atoms with Gasteiger partial charge in [0.05, 0.1) is 0 Å². The Kier molecular flexibility index (Phi) is 6.13. The van der Waals surface area contributed by atoms with E-state index in [4.69, 9.17) is 0 Å². The molecule has 0 bridgehead atoms. The second-order valence-electron chi connectivity index (χ2n) is 8.77. The van der Waals surface area contributed by atoms with Crippen LogP contribution in [0.15, 0.2) is 36.4 Å². The Morgan fingerprint density at radius 3 is 2.21 bits per heavy atom. The maximum Gasteiger partial charge on any atom is 0.226 e. The number of nitrogens with zero attached hydrogens (tertiary/aromatic N) is 1. The first-order chi connectivity index (χ1) is 13.7. The van der Waals surface area contributed by atoms with Gasteiger partial charge in [0.15, 0.2) is 0 Å². The van der Waals surface area contributed by atoms with Gasteiger partial charge in [-0.1, -0.05) is 36.4 Å². The van der Waals surface area contributed by atoms with E-state index >= 15 is 0 Å². The maximum absolute atomic E-state index is 12.5. The lowest BCUT2D eigenvalue weighted by Crippen LogP contribution is -2.41. The molecule has 1 heterocycles. The minimum absolute atomic E-state index is 0.182. The summed E-state index contributed by atoms with van der Waals surface area (Å²) in [6, 6.07) is 9.23. The monoisotopic (exact) mass is 380 g/mol. The molecule has 0 atom stereocenters. The van der Waals surface area contributed by atoms with Crippen LogP contribution < -0.4 is 5.32 Å². The number of likely N-dealkylation sites (tertiary alicyclic amines) is 1. The summed E-state index contributed by atoms with van der Waals surface area (Å²) in [6.45, 7) is 1.82. The fourth-order valence-corrected chi connectivity index (χ4v) is 4.40. The maximum atomic E-state index is 12.5. The van der Waals surface area contributed by atoms with Gasteiger partial charge in [0.2, 0.25) is 11.8 Å². The van der Waals surface area contributed by atoms with E-state index in [1.165, 1.54) is 11.1 Å². The zero-order chi connectivity index (χ0) is 19.3. The highest BCUT2D eigenvalue weighted by Gasteiger charge is 2.28. The first-order valence-electron chi connectivity index (χ1n) is 11.0. The normalized spacial score (nSPS) is 20.5. The third kappa shape index (κ3) is 5.24. The standard InChI is InChI=1S/C24H32N2O2/c27-23(25-22-10-11-22)12-9-18-5-7-19(8-6-18)17-20-13-15-26(16-14-20)24(28)21-3-1-2-4-21/h1-2,5-8,20-22H,3-4,9-17H2,(H,25,27). The van der Waals surface area contributed by atoms with Gasteiger partial charge in [-0.2, -0.15) is 0 Å². The van der Waals surface area contributed by atoms with E-state index in [2.05, 4.69) is 46.6 Å². The molecule has 1 aliphatic heterocycles. The number of amides is 2. The first kappa shape index (κ1) is 19.2. The van der Waals surface area contributed by atoms with E-state index in [-0.39, 0.29) is 11.8 Å². The Morgan fingerprint density at radius 1 is 0.929 bits per heavy atom. The Labute approximate surface area is 168 Å². The molecule has 4 rings (SSSR count). The molecule has 1 saturated carbocycles. The van der Waals surface area contributed by atoms with Crippen LogP contribution in [-0.4, -0.2) is 35.8 Å². The fourth-order valence-electron chi connectivity index (χ4n) is 4.40. The number of benzene rings is 1. The molecule has 1 saturated heterocycles. The molecule has 2 amide bonds. The third-order valence-corrected chi connectivity index (χ3v) is 6.41. The van der Waals surface area contributed by atoms with Crippen LogP contribution in [0.2, 0.25) is 0 Å². The van der Waals surface area contributed by atoms with Gasteiger partial charge in [0.25, 0.3) is 0 Å². The van der Waals surface area contributed by atoms with E-state index in [0.717, 1.165) is 64.5 Å². The van der Waals surface area contributed by atoms with Gasteiger partial charge < -0.3 is 10.2 Å². The van der Waals surface area contributed by atoms with E-state index in [1.807, 2.05) is 0 Å². The minimum Gasteiger partial charge on any atom is -0.353 e. The number of hydrogen-bond donors (Lipinski definition) is 1. The second-order valence-corrected chi connectivity index (χ2v) is 8.77. The summed E-state index contributed by atoms with van der Waals surface area (Å²) in [5, 5.41) is 3.05. The van der Waals surface area contributed by atoms with Crippen LogP contribution in [-0.2, 0) is 22.4 Å². The molecule has 4 nitrogen and oxygen atoms in total. The molecule has 150 valence electrons. The van der Waals surface area contributed by atoms with Crippen LogP contribution in [0, 0.1) is 11.8 Å². The van der Waals surface area contributed by atoms with Crippen molar-refractivity contribution in [2.75, 3.05) is 13.1 Å². The lowest BCUT2D eigenvalue weighted by Gasteiger charge is -2.33. The van der Waals surface area contributed by atoms with Crippen molar-refractivity contribution in [3.63, 3.8) is 0 Å². The van der Waals surface area contributed by atoms with Crippen molar-refractivity contribution in [2.24, 2.45) is 11.8 Å². The molecular weight excluding hydrogens is 348 g/mol. The van der Waals surface area contributed by atoms with Crippen LogP contribution in [0.25, 0.3) is 0 Å². The Morgan fingerprint density at radius 2 is 1.57 bits per heavy atom. The zero-order valence-corrected chi connectivity index (χ0v) is 16.7. The SMILES string of the molecule is O=C(CCc1ccc(CC2CCN(C(=O)C3CC=CC3)CC2)cc1)NC1CC1. The number of aryl methyl sites for hydroxylation is 1. The van der Waals surface area contributed by atoms with Crippen molar-refractivity contribution in [1.82, 2.24) is 10.2 Å². The van der Waals surface area contributed by atoms with Crippen molar-refractivity contribution < 1.29 is 9.59 Å². The summed E-state index contributed by atoms with van der Waals surface area (Å²) in [7, 11) is 0. The Balaban J connectivity index is 1.18. The lowest BCUT2D eigenvalue weighted by atomic mass is 9.89. The van der Waals surface area contributed by atoms with Crippen LogP contribution >= 0.6 is 0 Å². The first-order valence-corrected chi connectivity index (χ1v) is 11.0. The summed E-state index contributed by atoms with van der Waals surface area (Å²) in [5.74, 6) is 1.41. The summed E-state index contributed by atoms with van der Waals surface area (Å²) < 4.78 is 0. The van der Waals surface area contributed by atoms with Crippen LogP contribution in [0.1, 0.15) is 56.1 Å². The number of carbonyl (C=O) groups excluding carboxylic acids is 2. The number of carbonyl (C=O) groups is 2. The van der Waals surface area contributed by atoms with Gasteiger partial charge in [-0.25, -0.2) is 0 Å². The third-order valence-electron chi connectivity index (χ3n) is 6.41. The van der Waals surface area contributed by atoms with E-state index in [1.54, 1.807) is 0 Å². The van der Waals surface area contributed by atoms with Crippen molar-refractivity contribution >= 4 is 11.8 Å². The second kappa shape index (κ2) is 8.93.